The Morgan fingerprint density at radius 1 is 1.18 bits per heavy atom. The normalized spacial score (nSPS) is 17.7. The van der Waals surface area contributed by atoms with Crippen LogP contribution >= 0.6 is 0 Å². The van der Waals surface area contributed by atoms with Crippen molar-refractivity contribution in [2.45, 2.75) is 78.7 Å². The van der Waals surface area contributed by atoms with Crippen LogP contribution in [0.1, 0.15) is 70.0 Å². The van der Waals surface area contributed by atoms with Gasteiger partial charge in [0.05, 0.1) is 12.6 Å². The molecule has 1 aromatic carbocycles. The summed E-state index contributed by atoms with van der Waals surface area (Å²) in [5, 5.41) is 9.08. The number of carbonyl (C=O) groups excluding carboxylic acids is 4. The van der Waals surface area contributed by atoms with E-state index in [2.05, 4.69) is 15.8 Å². The zero-order valence-corrected chi connectivity index (χ0v) is 23.2. The predicted octanol–water partition coefficient (Wildman–Crippen LogP) is 4.06. The van der Waals surface area contributed by atoms with Gasteiger partial charge < -0.3 is 29.5 Å². The molecule has 212 valence electrons. The van der Waals surface area contributed by atoms with Crippen molar-refractivity contribution in [3.63, 3.8) is 0 Å². The van der Waals surface area contributed by atoms with Gasteiger partial charge in [0.25, 0.3) is 5.91 Å². The lowest BCUT2D eigenvalue weighted by Gasteiger charge is -2.26. The molecule has 11 heteroatoms. The van der Waals surface area contributed by atoms with Crippen molar-refractivity contribution in [1.29, 1.82) is 0 Å². The van der Waals surface area contributed by atoms with E-state index in [-0.39, 0.29) is 19.2 Å². The highest BCUT2D eigenvalue weighted by atomic mass is 16.6. The molecular weight excluding hydrogens is 504 g/mol. The van der Waals surface area contributed by atoms with Gasteiger partial charge in [0.2, 0.25) is 5.78 Å². The molecule has 0 bridgehead atoms. The van der Waals surface area contributed by atoms with E-state index in [0.29, 0.717) is 30.8 Å². The van der Waals surface area contributed by atoms with Crippen molar-refractivity contribution < 1.29 is 33.2 Å². The first-order valence-electron chi connectivity index (χ1n) is 13.2. The number of ketones is 1. The third-order valence-electron chi connectivity index (χ3n) is 6.71. The van der Waals surface area contributed by atoms with Gasteiger partial charge in [-0.15, -0.1) is 0 Å². The van der Waals surface area contributed by atoms with E-state index in [1.807, 2.05) is 51.1 Å². The highest BCUT2D eigenvalue weighted by molar-refractivity contribution is 6.38. The van der Waals surface area contributed by atoms with Gasteiger partial charge in [0, 0.05) is 18.0 Å². The number of likely N-dealkylation sites (tertiary alicyclic amines) is 1. The van der Waals surface area contributed by atoms with Crippen LogP contribution in [0.25, 0.3) is 0 Å². The zero-order chi connectivity index (χ0) is 28.6. The molecule has 0 unspecified atom stereocenters. The van der Waals surface area contributed by atoms with Crippen LogP contribution in [-0.4, -0.2) is 59.2 Å². The van der Waals surface area contributed by atoms with Crippen LogP contribution in [0.15, 0.2) is 40.9 Å². The van der Waals surface area contributed by atoms with Crippen molar-refractivity contribution in [2.75, 3.05) is 13.1 Å². The van der Waals surface area contributed by atoms with Crippen molar-refractivity contribution in [3.8, 4) is 0 Å². The molecular formula is C28H38N4O7. The molecule has 1 fully saturated rings. The number of amides is 3. The van der Waals surface area contributed by atoms with E-state index in [1.165, 1.54) is 4.90 Å². The molecule has 1 saturated heterocycles. The summed E-state index contributed by atoms with van der Waals surface area (Å²) in [6.45, 7) is 9.62. The van der Waals surface area contributed by atoms with Crippen LogP contribution in [0.4, 0.5) is 9.59 Å². The molecule has 0 spiro atoms. The van der Waals surface area contributed by atoms with Crippen LogP contribution in [-0.2, 0) is 25.7 Å². The third-order valence-corrected chi connectivity index (χ3v) is 6.71. The van der Waals surface area contributed by atoms with Gasteiger partial charge in [-0.2, -0.15) is 0 Å². The number of hydrogen-bond donors (Lipinski definition) is 2. The Balaban J connectivity index is 1.56. The number of aromatic nitrogens is 1. The number of nitrogens with zero attached hydrogens (tertiary/aromatic N) is 2. The smallest absolute Gasteiger partial charge is 0.410 e. The van der Waals surface area contributed by atoms with Gasteiger partial charge in [-0.1, -0.05) is 69.1 Å². The molecule has 39 heavy (non-hydrogen) atoms. The Morgan fingerprint density at radius 2 is 1.90 bits per heavy atom. The first-order chi connectivity index (χ1) is 18.5. The van der Waals surface area contributed by atoms with E-state index in [0.717, 1.165) is 12.0 Å². The second-order valence-electron chi connectivity index (χ2n) is 10.6. The monoisotopic (exact) mass is 542 g/mol. The minimum atomic E-state index is -1.03. The minimum absolute atomic E-state index is 0.0364. The summed E-state index contributed by atoms with van der Waals surface area (Å²) >= 11 is 0. The summed E-state index contributed by atoms with van der Waals surface area (Å²) in [6, 6.07) is 9.56. The molecule has 1 aliphatic rings. The number of Topliss-reactive ketones (excluding diaryl/α,β-unsaturated/α-hetero) is 1. The van der Waals surface area contributed by atoms with Crippen LogP contribution in [0, 0.1) is 12.3 Å². The third kappa shape index (κ3) is 8.30. The lowest BCUT2D eigenvalue weighted by Crippen LogP contribution is -2.49. The van der Waals surface area contributed by atoms with Crippen molar-refractivity contribution in [1.82, 2.24) is 20.7 Å². The molecule has 1 aliphatic heterocycles. The van der Waals surface area contributed by atoms with E-state index in [1.54, 1.807) is 19.9 Å². The van der Waals surface area contributed by atoms with Crippen molar-refractivity contribution in [2.24, 2.45) is 5.41 Å². The van der Waals surface area contributed by atoms with E-state index in [9.17, 15) is 19.2 Å². The van der Waals surface area contributed by atoms with E-state index >= 15 is 0 Å². The molecule has 3 amide bonds. The first kappa shape index (κ1) is 29.7. The highest BCUT2D eigenvalue weighted by Gasteiger charge is 2.45. The molecule has 2 aromatic rings. The summed E-state index contributed by atoms with van der Waals surface area (Å²) < 4.78 is 15.9. The Morgan fingerprint density at radius 3 is 2.54 bits per heavy atom. The Labute approximate surface area is 228 Å². The van der Waals surface area contributed by atoms with Crippen LogP contribution < -0.4 is 10.6 Å². The number of hydrogen-bond acceptors (Lipinski definition) is 8. The molecule has 3 rings (SSSR count). The van der Waals surface area contributed by atoms with Gasteiger partial charge in [0.15, 0.2) is 0 Å². The number of carbonyl (C=O) groups is 4. The van der Waals surface area contributed by atoms with Crippen molar-refractivity contribution >= 4 is 23.9 Å². The number of rotatable bonds is 11. The predicted molar refractivity (Wildman–Crippen MR) is 142 cm³/mol. The Kier molecular flexibility index (Phi) is 10.1. The summed E-state index contributed by atoms with van der Waals surface area (Å²) in [5.41, 5.74) is 0.794. The molecule has 11 nitrogen and oxygen atoms in total. The number of benzene rings is 1. The average Bonchev–Trinajstić information content (AvgIpc) is 3.46. The van der Waals surface area contributed by atoms with E-state index in [4.69, 9.17) is 14.0 Å². The first-order valence-corrected chi connectivity index (χ1v) is 13.2. The molecule has 2 N–H and O–H groups in total. The Hall–Kier alpha value is -3.89. The number of ether oxygens (including phenoxy) is 2. The number of alkyl carbamates (subject to hydrolysis) is 1. The number of unbranched alkanes of at least 4 members (excludes halogenated alkanes) is 1. The fourth-order valence-electron chi connectivity index (χ4n) is 4.39. The average molecular weight is 543 g/mol. The van der Waals surface area contributed by atoms with E-state index < -0.39 is 41.4 Å². The van der Waals surface area contributed by atoms with Gasteiger partial charge in [0.1, 0.15) is 30.2 Å². The van der Waals surface area contributed by atoms with Crippen LogP contribution in [0.2, 0.25) is 0 Å². The lowest BCUT2D eigenvalue weighted by molar-refractivity contribution is -0.139. The largest absolute Gasteiger partial charge is 0.444 e. The van der Waals surface area contributed by atoms with Gasteiger partial charge >= 0.3 is 12.2 Å². The minimum Gasteiger partial charge on any atom is -0.444 e. The summed E-state index contributed by atoms with van der Waals surface area (Å²) in [5.74, 6) is -0.894. The quantitative estimate of drug-likeness (QED) is 0.405. The maximum Gasteiger partial charge on any atom is 0.410 e. The second kappa shape index (κ2) is 13.3. The van der Waals surface area contributed by atoms with Gasteiger partial charge in [-0.25, -0.2) is 9.59 Å². The Bertz CT molecular complexity index is 1150. The topological polar surface area (TPSA) is 140 Å². The number of nitrogens with one attached hydrogen (secondary N) is 2. The van der Waals surface area contributed by atoms with Gasteiger partial charge in [-0.3, -0.25) is 9.59 Å². The molecule has 2 heterocycles. The van der Waals surface area contributed by atoms with Crippen molar-refractivity contribution in [3.05, 3.63) is 53.4 Å². The number of aryl methyl sites for hydroxylation is 1. The van der Waals surface area contributed by atoms with Crippen LogP contribution in [0.3, 0.4) is 0 Å². The second-order valence-corrected chi connectivity index (χ2v) is 10.6. The standard InChI is InChI=1S/C28H38N4O7/c1-6-7-13-22(24(33)25(34)29-19(3)20-11-9-8-10-12-20)30-26(35)38-23-15-32(17-28(23,4)5)27(36)37-16-21-14-18(2)39-31-21/h8-12,14,19,22-23H,6-7,13,15-17H2,1-5H3,(H,29,34)(H,30,35)/t19-,22+,23-/m1/s1. The summed E-state index contributed by atoms with van der Waals surface area (Å²) in [7, 11) is 0. The zero-order valence-electron chi connectivity index (χ0n) is 23.2. The highest BCUT2D eigenvalue weighted by Crippen LogP contribution is 2.32. The fourth-order valence-corrected chi connectivity index (χ4v) is 4.39. The summed E-state index contributed by atoms with van der Waals surface area (Å²) in [4.78, 5) is 52.6. The van der Waals surface area contributed by atoms with Gasteiger partial charge in [-0.05, 0) is 25.8 Å². The molecule has 0 aliphatic carbocycles. The maximum absolute atomic E-state index is 13.0. The molecule has 0 radical (unpaired) electrons. The molecule has 3 atom stereocenters. The molecule has 0 saturated carbocycles. The maximum atomic E-state index is 13.0. The fraction of sp³-hybridized carbons (Fsp3) is 0.536. The van der Waals surface area contributed by atoms with Crippen LogP contribution in [0.5, 0.6) is 0 Å². The summed E-state index contributed by atoms with van der Waals surface area (Å²) in [6.07, 6.45) is -0.310. The lowest BCUT2D eigenvalue weighted by atomic mass is 9.90. The SMILES string of the molecule is CCCC[C@H](NC(=O)O[C@@H]1CN(C(=O)OCc2cc(C)on2)CC1(C)C)C(=O)C(=O)N[C@H](C)c1ccccc1. The molecule has 1 aromatic heterocycles.